The number of rotatable bonds is 1. The number of hydrogen-bond acceptors (Lipinski definition) is 4. The molecule has 96 valence electrons. The summed E-state index contributed by atoms with van der Waals surface area (Å²) in [6.07, 6.45) is -0.338. The third-order valence-corrected chi connectivity index (χ3v) is 4.24. The molecule has 2 heterocycles. The number of thioether (sulfide) groups is 1. The summed E-state index contributed by atoms with van der Waals surface area (Å²) in [5.74, 6) is 1.03. The molecule has 4 nitrogen and oxygen atoms in total. The number of fused-ring (bicyclic) bond motifs is 1. The quantitative estimate of drug-likeness (QED) is 0.825. The van der Waals surface area contributed by atoms with Gasteiger partial charge in [-0.3, -0.25) is 4.79 Å². The Bertz CT molecular complexity index is 446. The predicted octanol–water partition coefficient (Wildman–Crippen LogP) is 1.11. The topological polar surface area (TPSA) is 41.6 Å². The highest BCUT2D eigenvalue weighted by atomic mass is 32.2. The van der Waals surface area contributed by atoms with Crippen molar-refractivity contribution in [2.24, 2.45) is 0 Å². The summed E-state index contributed by atoms with van der Waals surface area (Å²) in [5.41, 5.74) is 1.02. The Balaban J connectivity index is 1.82. The smallest absolute Gasteiger partial charge is 0.257 e. The van der Waals surface area contributed by atoms with Crippen LogP contribution in [0.2, 0.25) is 0 Å². The molecule has 0 bridgehead atoms. The summed E-state index contributed by atoms with van der Waals surface area (Å²) in [7, 11) is 0. The van der Waals surface area contributed by atoms with Gasteiger partial charge in [0.05, 0.1) is 12.3 Å². The molecule has 1 N–H and O–H groups in total. The van der Waals surface area contributed by atoms with Crippen molar-refractivity contribution in [2.75, 3.05) is 36.9 Å². The van der Waals surface area contributed by atoms with E-state index in [1.165, 1.54) is 4.90 Å². The van der Waals surface area contributed by atoms with Gasteiger partial charge >= 0.3 is 0 Å². The monoisotopic (exact) mass is 264 g/mol. The van der Waals surface area contributed by atoms with Crippen LogP contribution in [-0.2, 0) is 9.53 Å². The van der Waals surface area contributed by atoms with E-state index < -0.39 is 0 Å². The van der Waals surface area contributed by atoms with Gasteiger partial charge in [-0.25, -0.2) is 0 Å². The maximum Gasteiger partial charge on any atom is 0.257 e. The number of carbonyl (C=O) groups excluding carboxylic acids is 1. The van der Waals surface area contributed by atoms with Crippen LogP contribution in [-0.4, -0.2) is 44.0 Å². The molecule has 18 heavy (non-hydrogen) atoms. The summed E-state index contributed by atoms with van der Waals surface area (Å²) in [4.78, 5) is 15.5. The van der Waals surface area contributed by atoms with Crippen molar-refractivity contribution in [3.8, 4) is 0 Å². The van der Waals surface area contributed by atoms with Gasteiger partial charge in [0.2, 0.25) is 0 Å². The maximum atomic E-state index is 12.5. The van der Waals surface area contributed by atoms with E-state index in [2.05, 4.69) is 11.4 Å². The number of amides is 1. The number of nitrogens with zero attached hydrogens (tertiary/aromatic N) is 1. The number of morpholine rings is 1. The van der Waals surface area contributed by atoms with Crippen LogP contribution in [0.3, 0.4) is 0 Å². The zero-order chi connectivity index (χ0) is 12.4. The van der Waals surface area contributed by atoms with E-state index in [4.69, 9.17) is 4.74 Å². The minimum Gasteiger partial charge on any atom is -0.366 e. The molecule has 0 aliphatic carbocycles. The van der Waals surface area contributed by atoms with Crippen molar-refractivity contribution in [3.63, 3.8) is 0 Å². The second-order valence-electron chi connectivity index (χ2n) is 4.37. The van der Waals surface area contributed by atoms with Crippen LogP contribution in [0.25, 0.3) is 0 Å². The van der Waals surface area contributed by atoms with E-state index in [1.807, 2.05) is 23.1 Å². The first-order valence-corrected chi connectivity index (χ1v) is 7.20. The van der Waals surface area contributed by atoms with Gasteiger partial charge in [0, 0.05) is 30.3 Å². The molecule has 1 fully saturated rings. The standard InChI is InChI=1S/C13H16N2O2S/c16-13(11-9-14-5-7-17-11)15-6-8-18-12-4-2-1-3-10(12)15/h1-4,11,14H,5-9H2. The molecule has 1 unspecified atom stereocenters. The fourth-order valence-corrected chi connectivity index (χ4v) is 3.29. The Morgan fingerprint density at radius 2 is 2.33 bits per heavy atom. The highest BCUT2D eigenvalue weighted by Gasteiger charge is 2.30. The van der Waals surface area contributed by atoms with Gasteiger partial charge in [0.1, 0.15) is 6.10 Å². The van der Waals surface area contributed by atoms with Crippen molar-refractivity contribution in [1.29, 1.82) is 0 Å². The van der Waals surface area contributed by atoms with E-state index in [0.29, 0.717) is 13.2 Å². The van der Waals surface area contributed by atoms with E-state index in [-0.39, 0.29) is 12.0 Å². The lowest BCUT2D eigenvalue weighted by Gasteiger charge is -2.33. The van der Waals surface area contributed by atoms with E-state index in [0.717, 1.165) is 24.5 Å². The van der Waals surface area contributed by atoms with Crippen LogP contribution in [0.15, 0.2) is 29.2 Å². The molecule has 0 spiro atoms. The molecule has 1 aromatic rings. The Kier molecular flexibility index (Phi) is 3.54. The number of nitrogens with one attached hydrogen (secondary N) is 1. The summed E-state index contributed by atoms with van der Waals surface area (Å²) in [6.45, 7) is 2.82. The van der Waals surface area contributed by atoms with E-state index in [1.54, 1.807) is 11.8 Å². The minimum absolute atomic E-state index is 0.0787. The summed E-state index contributed by atoms with van der Waals surface area (Å²) in [5, 5.41) is 3.20. The summed E-state index contributed by atoms with van der Waals surface area (Å²) >= 11 is 1.81. The van der Waals surface area contributed by atoms with Crippen LogP contribution in [0, 0.1) is 0 Å². The van der Waals surface area contributed by atoms with E-state index in [9.17, 15) is 4.79 Å². The lowest BCUT2D eigenvalue weighted by Crippen LogP contribution is -2.50. The van der Waals surface area contributed by atoms with Gasteiger partial charge < -0.3 is 15.0 Å². The van der Waals surface area contributed by atoms with Gasteiger partial charge in [-0.2, -0.15) is 0 Å². The highest BCUT2D eigenvalue weighted by Crippen LogP contribution is 2.34. The normalized spacial score (nSPS) is 23.6. The van der Waals surface area contributed by atoms with Gasteiger partial charge in [-0.15, -0.1) is 11.8 Å². The number of para-hydroxylation sites is 1. The van der Waals surface area contributed by atoms with E-state index >= 15 is 0 Å². The van der Waals surface area contributed by atoms with Gasteiger partial charge in [0.25, 0.3) is 5.91 Å². The molecule has 0 radical (unpaired) electrons. The predicted molar refractivity (Wildman–Crippen MR) is 72.1 cm³/mol. The summed E-state index contributed by atoms with van der Waals surface area (Å²) in [6, 6.07) is 8.07. The van der Waals surface area contributed by atoms with Crippen LogP contribution in [0.4, 0.5) is 5.69 Å². The molecule has 1 saturated heterocycles. The first-order valence-electron chi connectivity index (χ1n) is 6.22. The lowest BCUT2D eigenvalue weighted by atomic mass is 10.2. The Morgan fingerprint density at radius 3 is 3.17 bits per heavy atom. The second-order valence-corrected chi connectivity index (χ2v) is 5.51. The highest BCUT2D eigenvalue weighted by molar-refractivity contribution is 7.99. The van der Waals surface area contributed by atoms with Crippen LogP contribution in [0.5, 0.6) is 0 Å². The molecule has 0 saturated carbocycles. The fraction of sp³-hybridized carbons (Fsp3) is 0.462. The third-order valence-electron chi connectivity index (χ3n) is 3.20. The SMILES string of the molecule is O=C(C1CNCCO1)N1CCSc2ccccc21. The lowest BCUT2D eigenvalue weighted by molar-refractivity contribution is -0.131. The number of carbonyl (C=O) groups is 1. The largest absolute Gasteiger partial charge is 0.366 e. The molecule has 3 rings (SSSR count). The molecule has 1 atom stereocenters. The zero-order valence-corrected chi connectivity index (χ0v) is 10.9. The molecular formula is C13H16N2O2S. The first-order chi connectivity index (χ1) is 8.86. The Hall–Kier alpha value is -1.04. The molecular weight excluding hydrogens is 248 g/mol. The molecule has 1 amide bonds. The zero-order valence-electron chi connectivity index (χ0n) is 10.1. The van der Waals surface area contributed by atoms with Crippen molar-refractivity contribution < 1.29 is 9.53 Å². The molecule has 1 aromatic carbocycles. The fourth-order valence-electron chi connectivity index (χ4n) is 2.30. The van der Waals surface area contributed by atoms with Crippen LogP contribution < -0.4 is 10.2 Å². The Morgan fingerprint density at radius 1 is 1.44 bits per heavy atom. The molecule has 5 heteroatoms. The number of benzene rings is 1. The Labute approximate surface area is 111 Å². The van der Waals surface area contributed by atoms with Gasteiger partial charge in [-0.05, 0) is 12.1 Å². The first kappa shape index (κ1) is 12.0. The van der Waals surface area contributed by atoms with Crippen LogP contribution >= 0.6 is 11.8 Å². The van der Waals surface area contributed by atoms with Gasteiger partial charge in [-0.1, -0.05) is 12.1 Å². The van der Waals surface area contributed by atoms with Gasteiger partial charge in [0.15, 0.2) is 0 Å². The minimum atomic E-state index is -0.338. The number of anilines is 1. The number of ether oxygens (including phenoxy) is 1. The third kappa shape index (κ3) is 2.25. The van der Waals surface area contributed by atoms with Crippen molar-refractivity contribution in [1.82, 2.24) is 5.32 Å². The molecule has 2 aliphatic rings. The summed E-state index contributed by atoms with van der Waals surface area (Å²) < 4.78 is 5.55. The van der Waals surface area contributed by atoms with Crippen molar-refractivity contribution in [2.45, 2.75) is 11.0 Å². The molecule has 2 aliphatic heterocycles. The second kappa shape index (κ2) is 5.30. The maximum absolute atomic E-state index is 12.5. The van der Waals surface area contributed by atoms with Crippen molar-refractivity contribution >= 4 is 23.4 Å². The average Bonchev–Trinajstić information content (AvgIpc) is 2.47. The molecule has 0 aromatic heterocycles. The average molecular weight is 264 g/mol. The van der Waals surface area contributed by atoms with Crippen LogP contribution in [0.1, 0.15) is 0 Å². The van der Waals surface area contributed by atoms with Crippen molar-refractivity contribution in [3.05, 3.63) is 24.3 Å². The number of hydrogen-bond donors (Lipinski definition) is 1.